The third-order valence-corrected chi connectivity index (χ3v) is 5.81. The molecule has 2 aromatic rings. The van der Waals surface area contributed by atoms with Crippen molar-refractivity contribution in [3.05, 3.63) is 45.4 Å². The molecule has 0 atom stereocenters. The Morgan fingerprint density at radius 3 is 2.20 bits per heavy atom. The van der Waals surface area contributed by atoms with Gasteiger partial charge in [-0.3, -0.25) is 0 Å². The summed E-state index contributed by atoms with van der Waals surface area (Å²) in [5.74, 6) is -0.332. The van der Waals surface area contributed by atoms with Crippen molar-refractivity contribution in [2.75, 3.05) is 5.32 Å². The number of rotatable bonds is 2. The van der Waals surface area contributed by atoms with Crippen LogP contribution >= 0.6 is 34.8 Å². The number of sulfonamides is 1. The fourth-order valence-electron chi connectivity index (χ4n) is 1.65. The van der Waals surface area contributed by atoms with E-state index >= 15 is 0 Å². The number of urea groups is 1. The third kappa shape index (κ3) is 6.50. The maximum atomic E-state index is 11.0. The molecule has 0 radical (unpaired) electrons. The zero-order chi connectivity index (χ0) is 19.4. The maximum absolute atomic E-state index is 11.0. The van der Waals surface area contributed by atoms with Gasteiger partial charge < -0.3 is 11.1 Å². The fraction of sp³-hybridized carbons (Fsp3) is 0. The number of nitrogens with one attached hydrogen (secondary N) is 1. The molecule has 0 aliphatic rings. The first-order valence-corrected chi connectivity index (χ1v) is 10.1. The van der Waals surface area contributed by atoms with Crippen LogP contribution in [0.2, 0.25) is 15.1 Å². The summed E-state index contributed by atoms with van der Waals surface area (Å²) in [7, 11) is -3.95. The number of primary sulfonamides is 1. The molecule has 25 heavy (non-hydrogen) atoms. The van der Waals surface area contributed by atoms with Crippen LogP contribution in [0, 0.1) is 0 Å². The summed E-state index contributed by atoms with van der Waals surface area (Å²) in [6, 6.07) is 7.20. The zero-order valence-corrected chi connectivity index (χ0v) is 17.8. The number of aromatic hydroxyl groups is 1. The Bertz CT molecular complexity index is 910. The number of benzene rings is 2. The number of carbonyl (C=O) groups is 1. The second-order valence-corrected chi connectivity index (χ2v) is 8.45. The molecule has 0 aliphatic heterocycles. The number of hydrogen-bond acceptors (Lipinski definition) is 4. The molecule has 2 aromatic carbocycles. The van der Waals surface area contributed by atoms with Crippen LogP contribution in [0.15, 0.2) is 35.2 Å². The van der Waals surface area contributed by atoms with Crippen LogP contribution in [0.5, 0.6) is 5.75 Å². The Hall–Kier alpha value is -0.710. The van der Waals surface area contributed by atoms with E-state index in [1.165, 1.54) is 6.07 Å². The Morgan fingerprint density at radius 1 is 1.12 bits per heavy atom. The molecule has 6 N–H and O–H groups in total. The van der Waals surface area contributed by atoms with Gasteiger partial charge in [-0.05, 0) is 12.1 Å². The van der Waals surface area contributed by atoms with Gasteiger partial charge in [0.2, 0.25) is 0 Å². The minimum atomic E-state index is -3.95. The molecule has 0 saturated carbocycles. The summed E-state index contributed by atoms with van der Waals surface area (Å²) in [5.41, 5.74) is 5.31. The van der Waals surface area contributed by atoms with Crippen molar-refractivity contribution < 1.29 is 18.3 Å². The number of carbonyl (C=O) groups excluding carboxylic acids is 1. The normalized spacial score (nSPS) is 10.6. The van der Waals surface area contributed by atoms with E-state index in [-0.39, 0.29) is 20.7 Å². The molecule has 0 saturated heterocycles. The summed E-state index contributed by atoms with van der Waals surface area (Å²) in [6.45, 7) is 0. The second kappa shape index (κ2) is 9.29. The van der Waals surface area contributed by atoms with Gasteiger partial charge in [0.15, 0.2) is 0 Å². The summed E-state index contributed by atoms with van der Waals surface area (Å²) in [5, 5.41) is 17.2. The van der Waals surface area contributed by atoms with Crippen LogP contribution < -0.4 is 19.0 Å². The average Bonchev–Trinajstić information content (AvgIpc) is 2.47. The van der Waals surface area contributed by atoms with Gasteiger partial charge in [-0.15, -0.1) is 0 Å². The van der Waals surface area contributed by atoms with Gasteiger partial charge in [0.25, 0.3) is 0 Å². The van der Waals surface area contributed by atoms with Crippen molar-refractivity contribution in [1.82, 2.24) is 0 Å². The van der Waals surface area contributed by atoms with Crippen LogP contribution in [-0.4, -0.2) is 47.5 Å². The molecule has 0 heterocycles. The van der Waals surface area contributed by atoms with Crippen molar-refractivity contribution in [3.63, 3.8) is 0 Å². The third-order valence-electron chi connectivity index (χ3n) is 2.78. The van der Waals surface area contributed by atoms with Crippen LogP contribution in [0.3, 0.4) is 0 Å². The first-order chi connectivity index (χ1) is 11.4. The van der Waals surface area contributed by atoms with Gasteiger partial charge in [0, 0.05) is 0 Å². The fourth-order valence-corrected chi connectivity index (χ4v) is 3.84. The van der Waals surface area contributed by atoms with Crippen molar-refractivity contribution in [3.8, 4) is 5.75 Å². The first kappa shape index (κ1) is 22.3. The number of amides is 2. The minimum absolute atomic E-state index is 0.0559. The van der Waals surface area contributed by atoms with Gasteiger partial charge in [-0.25, -0.2) is 4.79 Å². The standard InChI is InChI=1S/C7H6Cl2N2O.C6H5ClNO3S.Na/c8-4-2-1-3-5(6(4)9)11-7(10)12;7-4-2-1-3-5(9)6(4)12(8,10)11;/h1-3H,(H3,10,11,12);1-2,9H,(H2,8,10,11);. The molecule has 0 fully saturated rings. The van der Waals surface area contributed by atoms with E-state index < -0.39 is 16.1 Å². The molecule has 0 bridgehead atoms. The van der Waals surface area contributed by atoms with Gasteiger partial charge in [-0.2, -0.15) is 0 Å². The van der Waals surface area contributed by atoms with Crippen LogP contribution in [0.4, 0.5) is 10.5 Å². The zero-order valence-electron chi connectivity index (χ0n) is 12.8. The Balaban J connectivity index is 0.000000251. The molecule has 0 aliphatic carbocycles. The van der Waals surface area contributed by atoms with E-state index in [1.807, 2.05) is 0 Å². The molecule has 0 spiro atoms. The SMILES string of the molecule is NC(=O)Nc1cccc(Cl)c1Cl.NS(=O)(=O)c1c(Cl)cc[c]([Na])c1O. The Morgan fingerprint density at radius 2 is 1.72 bits per heavy atom. The Kier molecular flexibility index (Phi) is 8.30. The quantitative estimate of drug-likeness (QED) is 0.537. The molecular formula is C13H11Cl3N3NaO4S. The van der Waals surface area contributed by atoms with Gasteiger partial charge in [0.05, 0.1) is 15.7 Å². The Labute approximate surface area is 176 Å². The molecule has 12 heteroatoms. The number of phenols is 1. The van der Waals surface area contributed by atoms with E-state index in [0.717, 1.165) is 0 Å². The van der Waals surface area contributed by atoms with E-state index in [1.54, 1.807) is 24.3 Å². The molecule has 130 valence electrons. The van der Waals surface area contributed by atoms with Gasteiger partial charge in [0.1, 0.15) is 0 Å². The van der Waals surface area contributed by atoms with Crippen LogP contribution in [0.25, 0.3) is 0 Å². The monoisotopic (exact) mass is 433 g/mol. The number of hydrogen-bond donors (Lipinski definition) is 4. The summed E-state index contributed by atoms with van der Waals surface area (Å²) in [4.78, 5) is 10.1. The number of phenolic OH excluding ortho intramolecular Hbond substituents is 1. The predicted octanol–water partition coefficient (Wildman–Crippen LogP) is 1.97. The van der Waals surface area contributed by atoms with Crippen LogP contribution in [-0.2, 0) is 10.0 Å². The molecule has 7 nitrogen and oxygen atoms in total. The molecule has 0 unspecified atom stereocenters. The molecule has 2 amide bonds. The number of anilines is 1. The number of primary amides is 1. The van der Waals surface area contributed by atoms with E-state index in [0.29, 0.717) is 41.5 Å². The first-order valence-electron chi connectivity index (χ1n) is 6.46. The topological polar surface area (TPSA) is 136 Å². The number of nitrogens with two attached hydrogens (primary N) is 2. The second-order valence-electron chi connectivity index (χ2n) is 4.68. The predicted molar refractivity (Wildman–Crippen MR) is 99.5 cm³/mol. The van der Waals surface area contributed by atoms with E-state index in [2.05, 4.69) is 5.32 Å². The molecule has 2 rings (SSSR count). The summed E-state index contributed by atoms with van der Waals surface area (Å²) in [6.07, 6.45) is 0. The summed E-state index contributed by atoms with van der Waals surface area (Å²) >= 11 is 17.5. The van der Waals surface area contributed by atoms with Crippen molar-refractivity contribution in [2.24, 2.45) is 10.9 Å². The van der Waals surface area contributed by atoms with Crippen LogP contribution in [0.1, 0.15) is 0 Å². The van der Waals surface area contributed by atoms with Crippen molar-refractivity contribution >= 4 is 87.3 Å². The summed E-state index contributed by atoms with van der Waals surface area (Å²) < 4.78 is 22.5. The van der Waals surface area contributed by atoms with Crippen molar-refractivity contribution in [1.29, 1.82) is 0 Å². The molecule has 0 aromatic heterocycles. The van der Waals surface area contributed by atoms with E-state index in [9.17, 15) is 18.3 Å². The van der Waals surface area contributed by atoms with Crippen molar-refractivity contribution in [2.45, 2.75) is 4.90 Å². The van der Waals surface area contributed by atoms with Gasteiger partial charge in [-0.1, -0.05) is 29.3 Å². The average molecular weight is 435 g/mol. The molecular weight excluding hydrogens is 424 g/mol. The van der Waals surface area contributed by atoms with Gasteiger partial charge >= 0.3 is 105 Å². The number of halogens is 3. The van der Waals surface area contributed by atoms with E-state index in [4.69, 9.17) is 45.7 Å².